The van der Waals surface area contributed by atoms with Crippen LogP contribution in [0.5, 0.6) is 0 Å². The van der Waals surface area contributed by atoms with Crippen molar-refractivity contribution in [3.63, 3.8) is 0 Å². The quantitative estimate of drug-likeness (QED) is 0.560. The second-order valence-electron chi connectivity index (χ2n) is 3.98. The lowest BCUT2D eigenvalue weighted by Crippen LogP contribution is -3.06. The average Bonchev–Trinajstić information content (AvgIpc) is 2.56. The summed E-state index contributed by atoms with van der Waals surface area (Å²) in [5, 5.41) is 18.3. The highest BCUT2D eigenvalue weighted by molar-refractivity contribution is 5.67. The minimum atomic E-state index is -0.859. The van der Waals surface area contributed by atoms with Crippen LogP contribution in [0, 0.1) is 5.92 Å². The number of likely N-dealkylation sites (N-methyl/N-ethyl adjacent to an activating group) is 1. The molecule has 14 heavy (non-hydrogen) atoms. The van der Waals surface area contributed by atoms with Gasteiger partial charge in [0.25, 0.3) is 0 Å². The summed E-state index contributed by atoms with van der Waals surface area (Å²) in [6, 6.07) is 0. The first-order valence-corrected chi connectivity index (χ1v) is 5.18. The Kier molecular flexibility index (Phi) is 7.42. The van der Waals surface area contributed by atoms with E-state index in [1.807, 2.05) is 14.1 Å². The van der Waals surface area contributed by atoms with E-state index in [4.69, 9.17) is 5.11 Å². The summed E-state index contributed by atoms with van der Waals surface area (Å²) in [4.78, 5) is 11.4. The van der Waals surface area contributed by atoms with E-state index in [-0.39, 0.29) is 5.92 Å². The van der Waals surface area contributed by atoms with Gasteiger partial charge in [-0.05, 0) is 18.8 Å². The van der Waals surface area contributed by atoms with Crippen molar-refractivity contribution in [2.24, 2.45) is 5.92 Å². The van der Waals surface area contributed by atoms with Gasteiger partial charge in [-0.2, -0.15) is 0 Å². The van der Waals surface area contributed by atoms with Crippen LogP contribution in [0.15, 0.2) is 0 Å². The summed E-state index contributed by atoms with van der Waals surface area (Å²) in [5.74, 6) is -0.988. The SMILES string of the molecule is C[NH+](C)CCO.O=C([O-])C1CCCC1. The number of rotatable bonds is 3. The molecule has 4 heteroatoms. The third-order valence-corrected chi connectivity index (χ3v) is 2.30. The first-order valence-electron chi connectivity index (χ1n) is 5.18. The number of aliphatic hydroxyl groups excluding tert-OH is 1. The van der Waals surface area contributed by atoms with Crippen LogP contribution >= 0.6 is 0 Å². The van der Waals surface area contributed by atoms with E-state index >= 15 is 0 Å². The van der Waals surface area contributed by atoms with Crippen LogP contribution in [-0.4, -0.2) is 38.3 Å². The minimum Gasteiger partial charge on any atom is -0.550 e. The van der Waals surface area contributed by atoms with Crippen LogP contribution in [-0.2, 0) is 4.79 Å². The normalized spacial score (nSPS) is 16.6. The van der Waals surface area contributed by atoms with Crippen molar-refractivity contribution in [2.45, 2.75) is 25.7 Å². The van der Waals surface area contributed by atoms with E-state index in [1.54, 1.807) is 0 Å². The zero-order valence-corrected chi connectivity index (χ0v) is 9.08. The predicted octanol–water partition coefficient (Wildman–Crippen LogP) is -1.95. The van der Waals surface area contributed by atoms with E-state index in [2.05, 4.69) is 0 Å². The summed E-state index contributed by atoms with van der Waals surface area (Å²) >= 11 is 0. The lowest BCUT2D eigenvalue weighted by Gasteiger charge is -2.07. The van der Waals surface area contributed by atoms with Crippen LogP contribution in [0.3, 0.4) is 0 Å². The van der Waals surface area contributed by atoms with Crippen molar-refractivity contribution >= 4 is 5.97 Å². The van der Waals surface area contributed by atoms with Crippen molar-refractivity contribution in [2.75, 3.05) is 27.2 Å². The fourth-order valence-corrected chi connectivity index (χ4v) is 1.39. The smallest absolute Gasteiger partial charge is 0.100 e. The van der Waals surface area contributed by atoms with E-state index in [0.29, 0.717) is 6.61 Å². The fraction of sp³-hybridized carbons (Fsp3) is 0.900. The summed E-state index contributed by atoms with van der Waals surface area (Å²) in [5.41, 5.74) is 0. The Hall–Kier alpha value is -0.610. The van der Waals surface area contributed by atoms with Gasteiger partial charge in [-0.15, -0.1) is 0 Å². The molecule has 1 aliphatic carbocycles. The summed E-state index contributed by atoms with van der Waals surface area (Å²) < 4.78 is 0. The zero-order valence-electron chi connectivity index (χ0n) is 9.08. The molecule has 0 heterocycles. The first-order chi connectivity index (χ1) is 6.57. The molecule has 84 valence electrons. The summed E-state index contributed by atoms with van der Waals surface area (Å²) in [6.07, 6.45) is 3.81. The predicted molar refractivity (Wildman–Crippen MR) is 51.7 cm³/mol. The number of aliphatic hydroxyl groups is 1. The largest absolute Gasteiger partial charge is 0.550 e. The monoisotopic (exact) mass is 203 g/mol. The van der Waals surface area contributed by atoms with Gasteiger partial charge >= 0.3 is 0 Å². The van der Waals surface area contributed by atoms with Gasteiger partial charge in [-0.25, -0.2) is 0 Å². The number of hydrogen-bond donors (Lipinski definition) is 2. The molecule has 1 saturated carbocycles. The Morgan fingerprint density at radius 3 is 2.07 bits per heavy atom. The molecule has 1 rings (SSSR count). The van der Waals surface area contributed by atoms with Crippen molar-refractivity contribution in [3.8, 4) is 0 Å². The van der Waals surface area contributed by atoms with Crippen molar-refractivity contribution in [1.82, 2.24) is 0 Å². The van der Waals surface area contributed by atoms with Gasteiger partial charge < -0.3 is 19.9 Å². The highest BCUT2D eigenvalue weighted by atomic mass is 16.4. The topological polar surface area (TPSA) is 64.8 Å². The summed E-state index contributed by atoms with van der Waals surface area (Å²) in [6.45, 7) is 1.14. The molecule has 0 aliphatic heterocycles. The number of quaternary nitrogens is 1. The molecule has 0 radical (unpaired) electrons. The van der Waals surface area contributed by atoms with Gasteiger partial charge in [0, 0.05) is 5.97 Å². The van der Waals surface area contributed by atoms with E-state index in [9.17, 15) is 9.90 Å². The minimum absolute atomic E-state index is 0.130. The lowest BCUT2D eigenvalue weighted by atomic mass is 10.1. The van der Waals surface area contributed by atoms with Crippen LogP contribution < -0.4 is 10.0 Å². The van der Waals surface area contributed by atoms with Gasteiger partial charge in [0.1, 0.15) is 6.54 Å². The second-order valence-corrected chi connectivity index (χ2v) is 3.98. The first kappa shape index (κ1) is 13.4. The molecule has 0 aromatic carbocycles. The van der Waals surface area contributed by atoms with Crippen LogP contribution in [0.25, 0.3) is 0 Å². The van der Waals surface area contributed by atoms with Crippen molar-refractivity contribution in [1.29, 1.82) is 0 Å². The van der Waals surface area contributed by atoms with Gasteiger partial charge in [-0.3, -0.25) is 0 Å². The number of nitrogens with one attached hydrogen (secondary N) is 1. The molecular weight excluding hydrogens is 182 g/mol. The Labute approximate surface area is 85.5 Å². The average molecular weight is 203 g/mol. The zero-order chi connectivity index (χ0) is 11.0. The Balaban J connectivity index is 0.000000255. The van der Waals surface area contributed by atoms with E-state index in [1.165, 1.54) is 4.90 Å². The van der Waals surface area contributed by atoms with Crippen LogP contribution in [0.2, 0.25) is 0 Å². The number of carbonyl (C=O) groups excluding carboxylic acids is 1. The molecule has 1 aliphatic rings. The molecule has 0 unspecified atom stereocenters. The van der Waals surface area contributed by atoms with Crippen molar-refractivity contribution < 1.29 is 19.9 Å². The Morgan fingerprint density at radius 2 is 1.93 bits per heavy atom. The number of carboxylic acid groups (broad SMARTS) is 1. The van der Waals surface area contributed by atoms with E-state index < -0.39 is 5.97 Å². The molecule has 4 nitrogen and oxygen atoms in total. The molecule has 2 N–H and O–H groups in total. The molecule has 1 fully saturated rings. The van der Waals surface area contributed by atoms with Gasteiger partial charge in [0.05, 0.1) is 20.7 Å². The molecule has 0 aromatic rings. The highest BCUT2D eigenvalue weighted by Crippen LogP contribution is 2.23. The van der Waals surface area contributed by atoms with Crippen LogP contribution in [0.4, 0.5) is 0 Å². The maximum absolute atomic E-state index is 10.1. The maximum Gasteiger partial charge on any atom is 0.100 e. The van der Waals surface area contributed by atoms with Gasteiger partial charge in [0.2, 0.25) is 0 Å². The molecule has 0 aromatic heterocycles. The van der Waals surface area contributed by atoms with Crippen molar-refractivity contribution in [3.05, 3.63) is 0 Å². The highest BCUT2D eigenvalue weighted by Gasteiger charge is 2.14. The lowest BCUT2D eigenvalue weighted by molar-refractivity contribution is -0.858. The molecule has 0 bridgehead atoms. The standard InChI is InChI=1S/C6H10O2.C4H11NO/c7-6(8)5-3-1-2-4-5;1-5(2)3-4-6/h5H,1-4H2,(H,7,8);6H,3-4H2,1-2H3. The van der Waals surface area contributed by atoms with Gasteiger partial charge in [-0.1, -0.05) is 12.8 Å². The summed E-state index contributed by atoms with van der Waals surface area (Å²) in [7, 11) is 4.02. The van der Waals surface area contributed by atoms with Gasteiger partial charge in [0.15, 0.2) is 0 Å². The Morgan fingerprint density at radius 1 is 1.43 bits per heavy atom. The molecule has 0 amide bonds. The third-order valence-electron chi connectivity index (χ3n) is 2.30. The van der Waals surface area contributed by atoms with E-state index in [0.717, 1.165) is 32.2 Å². The third kappa shape index (κ3) is 6.86. The number of carbonyl (C=O) groups is 1. The molecule has 0 atom stereocenters. The number of carboxylic acids is 1. The molecule has 0 spiro atoms. The molecule has 0 saturated heterocycles. The Bertz CT molecular complexity index is 153. The fourth-order valence-electron chi connectivity index (χ4n) is 1.39. The number of hydrogen-bond acceptors (Lipinski definition) is 3. The van der Waals surface area contributed by atoms with Crippen LogP contribution in [0.1, 0.15) is 25.7 Å². The number of aliphatic carboxylic acids is 1. The second kappa shape index (κ2) is 7.76. The maximum atomic E-state index is 10.1. The molecular formula is C10H21NO3.